The quantitative estimate of drug-likeness (QED) is 0.299. The van der Waals surface area contributed by atoms with Crippen molar-refractivity contribution in [1.82, 2.24) is 4.98 Å². The first-order valence-electron chi connectivity index (χ1n) is 11.6. The molecule has 3 heterocycles. The summed E-state index contributed by atoms with van der Waals surface area (Å²) in [6.07, 6.45) is 4.21. The number of nitrogens with one attached hydrogen (secondary N) is 1. The SMILES string of the molecule is O=C1/C(=C/c2coc3ccccc3c2=O)N=C(c2ccccc2)N1c1ccc(S(=O)(=O)Nc2nccs2)cc1. The molecule has 0 spiro atoms. The third-order valence-electron chi connectivity index (χ3n) is 5.95. The van der Waals surface area contributed by atoms with Crippen LogP contribution in [0.4, 0.5) is 10.8 Å². The molecule has 1 amide bonds. The lowest BCUT2D eigenvalue weighted by Crippen LogP contribution is -2.32. The zero-order valence-corrected chi connectivity index (χ0v) is 21.6. The number of rotatable bonds is 6. The summed E-state index contributed by atoms with van der Waals surface area (Å²) in [5.74, 6) is -0.133. The van der Waals surface area contributed by atoms with Gasteiger partial charge < -0.3 is 4.42 Å². The minimum atomic E-state index is -3.87. The van der Waals surface area contributed by atoms with E-state index in [1.54, 1.807) is 29.6 Å². The molecule has 1 N–H and O–H groups in total. The van der Waals surface area contributed by atoms with Gasteiger partial charge in [-0.25, -0.2) is 18.4 Å². The van der Waals surface area contributed by atoms with Gasteiger partial charge in [-0.3, -0.25) is 19.2 Å². The molecule has 0 saturated heterocycles. The summed E-state index contributed by atoms with van der Waals surface area (Å²) in [5.41, 5.74) is 1.46. The molecule has 0 radical (unpaired) electrons. The summed E-state index contributed by atoms with van der Waals surface area (Å²) in [6.45, 7) is 0. The van der Waals surface area contributed by atoms with Crippen LogP contribution in [0, 0.1) is 0 Å². The number of carbonyl (C=O) groups is 1. The summed E-state index contributed by atoms with van der Waals surface area (Å²) in [7, 11) is -3.87. The highest BCUT2D eigenvalue weighted by molar-refractivity contribution is 7.93. The fourth-order valence-electron chi connectivity index (χ4n) is 4.10. The van der Waals surface area contributed by atoms with E-state index in [9.17, 15) is 18.0 Å². The van der Waals surface area contributed by atoms with E-state index in [1.165, 1.54) is 47.7 Å². The van der Waals surface area contributed by atoms with Gasteiger partial charge in [-0.1, -0.05) is 42.5 Å². The number of amides is 1. The second kappa shape index (κ2) is 9.78. The average Bonchev–Trinajstić information content (AvgIpc) is 3.58. The topological polar surface area (TPSA) is 122 Å². The van der Waals surface area contributed by atoms with Crippen LogP contribution in [0.3, 0.4) is 0 Å². The molecule has 2 aromatic heterocycles. The Hall–Kier alpha value is -4.87. The standard InChI is InChI=1S/C28H18N4O5S2/c33-25-19(17-37-24-9-5-4-8-22(24)25)16-23-27(34)32(26(30-23)18-6-2-1-3-7-18)20-10-12-21(13-11-20)39(35,36)31-28-29-14-15-38-28/h1-17H,(H,29,31)/b23-16-. The largest absolute Gasteiger partial charge is 0.463 e. The van der Waals surface area contributed by atoms with Gasteiger partial charge in [0.05, 0.1) is 21.5 Å². The van der Waals surface area contributed by atoms with Crippen LogP contribution in [0.15, 0.2) is 121 Å². The molecule has 0 unspecified atom stereocenters. The van der Waals surface area contributed by atoms with E-state index in [4.69, 9.17) is 4.42 Å². The number of aliphatic imine (C=N–C) groups is 1. The Morgan fingerprint density at radius 1 is 0.923 bits per heavy atom. The number of nitrogens with zero attached hydrogens (tertiary/aromatic N) is 3. The van der Waals surface area contributed by atoms with Crippen molar-refractivity contribution in [2.45, 2.75) is 4.90 Å². The van der Waals surface area contributed by atoms with E-state index in [0.29, 0.717) is 28.1 Å². The Labute approximate surface area is 226 Å². The predicted octanol–water partition coefficient (Wildman–Crippen LogP) is 4.88. The lowest BCUT2D eigenvalue weighted by Gasteiger charge is -2.19. The van der Waals surface area contributed by atoms with E-state index < -0.39 is 15.9 Å². The maximum atomic E-state index is 13.6. The van der Waals surface area contributed by atoms with Crippen molar-refractivity contribution in [3.8, 4) is 0 Å². The van der Waals surface area contributed by atoms with Gasteiger partial charge in [0, 0.05) is 17.1 Å². The summed E-state index contributed by atoms with van der Waals surface area (Å²) in [5, 5.41) is 2.31. The van der Waals surface area contributed by atoms with Gasteiger partial charge in [0.15, 0.2) is 10.6 Å². The number of anilines is 2. The van der Waals surface area contributed by atoms with Crippen molar-refractivity contribution >= 4 is 61.0 Å². The van der Waals surface area contributed by atoms with E-state index >= 15 is 0 Å². The van der Waals surface area contributed by atoms with E-state index in [-0.39, 0.29) is 26.7 Å². The molecule has 0 fully saturated rings. The number of sulfonamides is 1. The molecule has 0 aliphatic carbocycles. The van der Waals surface area contributed by atoms with E-state index in [2.05, 4.69) is 14.7 Å². The first-order valence-corrected chi connectivity index (χ1v) is 14.0. The molecule has 6 rings (SSSR count). The number of benzene rings is 3. The average molecular weight is 555 g/mol. The van der Waals surface area contributed by atoms with Gasteiger partial charge >= 0.3 is 0 Å². The van der Waals surface area contributed by atoms with Crippen molar-refractivity contribution in [1.29, 1.82) is 0 Å². The van der Waals surface area contributed by atoms with Gasteiger partial charge in [0.2, 0.25) is 0 Å². The number of amidine groups is 1. The number of hydrogen-bond acceptors (Lipinski definition) is 8. The smallest absolute Gasteiger partial charge is 0.282 e. The van der Waals surface area contributed by atoms with E-state index in [0.717, 1.165) is 11.3 Å². The highest BCUT2D eigenvalue weighted by Crippen LogP contribution is 2.29. The Morgan fingerprint density at radius 2 is 1.67 bits per heavy atom. The number of fused-ring (bicyclic) bond motifs is 1. The number of hydrogen-bond donors (Lipinski definition) is 1. The molecular weight excluding hydrogens is 536 g/mol. The second-order valence-corrected chi connectivity index (χ2v) is 11.0. The van der Waals surface area contributed by atoms with Crippen molar-refractivity contribution in [3.05, 3.63) is 124 Å². The maximum absolute atomic E-state index is 13.6. The Morgan fingerprint density at radius 3 is 2.41 bits per heavy atom. The molecule has 0 atom stereocenters. The van der Waals surface area contributed by atoms with Crippen LogP contribution in [0.5, 0.6) is 0 Å². The lowest BCUT2D eigenvalue weighted by atomic mass is 10.1. The number of para-hydroxylation sites is 1. The second-order valence-electron chi connectivity index (χ2n) is 8.42. The van der Waals surface area contributed by atoms with Gasteiger partial charge in [0.25, 0.3) is 15.9 Å². The predicted molar refractivity (Wildman–Crippen MR) is 150 cm³/mol. The van der Waals surface area contributed by atoms with Gasteiger partial charge in [0.1, 0.15) is 23.4 Å². The van der Waals surface area contributed by atoms with Crippen LogP contribution < -0.4 is 15.1 Å². The first-order chi connectivity index (χ1) is 18.9. The molecule has 0 saturated carbocycles. The zero-order chi connectivity index (χ0) is 27.0. The fraction of sp³-hybridized carbons (Fsp3) is 0. The van der Waals surface area contributed by atoms with Crippen LogP contribution in [0.1, 0.15) is 11.1 Å². The van der Waals surface area contributed by atoms with Crippen molar-refractivity contribution < 1.29 is 17.6 Å². The molecular formula is C28H18N4O5S2. The van der Waals surface area contributed by atoms with Gasteiger partial charge in [-0.2, -0.15) is 0 Å². The molecule has 5 aromatic rings. The summed E-state index contributed by atoms with van der Waals surface area (Å²) in [6, 6.07) is 21.8. The highest BCUT2D eigenvalue weighted by atomic mass is 32.2. The van der Waals surface area contributed by atoms with E-state index in [1.807, 2.05) is 30.3 Å². The van der Waals surface area contributed by atoms with Crippen LogP contribution in [0.25, 0.3) is 17.0 Å². The molecule has 192 valence electrons. The van der Waals surface area contributed by atoms with Gasteiger partial charge in [-0.05, 0) is 42.5 Å². The summed E-state index contributed by atoms with van der Waals surface area (Å²) >= 11 is 1.16. The number of thiazole rings is 1. The number of carbonyl (C=O) groups excluding carboxylic acids is 1. The third-order valence-corrected chi connectivity index (χ3v) is 8.12. The minimum Gasteiger partial charge on any atom is -0.463 e. The van der Waals surface area contributed by atoms with Crippen LogP contribution in [-0.4, -0.2) is 25.1 Å². The maximum Gasteiger partial charge on any atom is 0.282 e. The summed E-state index contributed by atoms with van der Waals surface area (Å²) < 4.78 is 33.5. The normalized spacial score (nSPS) is 14.7. The minimum absolute atomic E-state index is 0.0100. The molecule has 9 nitrogen and oxygen atoms in total. The molecule has 11 heteroatoms. The fourth-order valence-corrected chi connectivity index (χ4v) is 5.89. The number of aromatic nitrogens is 1. The highest BCUT2D eigenvalue weighted by Gasteiger charge is 2.33. The zero-order valence-electron chi connectivity index (χ0n) is 20.0. The van der Waals surface area contributed by atoms with Crippen molar-refractivity contribution in [2.24, 2.45) is 4.99 Å². The van der Waals surface area contributed by atoms with Crippen LogP contribution in [0.2, 0.25) is 0 Å². The molecule has 3 aromatic carbocycles. The summed E-state index contributed by atoms with van der Waals surface area (Å²) in [4.78, 5) is 36.6. The lowest BCUT2D eigenvalue weighted by molar-refractivity contribution is -0.113. The van der Waals surface area contributed by atoms with Crippen molar-refractivity contribution in [2.75, 3.05) is 9.62 Å². The Balaban J connectivity index is 1.39. The monoisotopic (exact) mass is 554 g/mol. The third kappa shape index (κ3) is 4.65. The van der Waals surface area contributed by atoms with Crippen LogP contribution in [-0.2, 0) is 14.8 Å². The molecule has 39 heavy (non-hydrogen) atoms. The molecule has 1 aliphatic rings. The Kier molecular flexibility index (Phi) is 6.14. The molecule has 0 bridgehead atoms. The Bertz CT molecular complexity index is 1930. The van der Waals surface area contributed by atoms with Crippen molar-refractivity contribution in [3.63, 3.8) is 0 Å². The first kappa shape index (κ1) is 24.5. The van der Waals surface area contributed by atoms with Crippen LogP contribution >= 0.6 is 11.3 Å². The van der Waals surface area contributed by atoms with Gasteiger partial charge in [-0.15, -0.1) is 11.3 Å². The molecule has 1 aliphatic heterocycles.